The van der Waals surface area contributed by atoms with Gasteiger partial charge >= 0.3 is 0 Å². The van der Waals surface area contributed by atoms with Gasteiger partial charge in [-0.05, 0) is 29.8 Å². The van der Waals surface area contributed by atoms with Crippen LogP contribution in [0.15, 0.2) is 24.3 Å². The van der Waals surface area contributed by atoms with Crippen LogP contribution >= 0.6 is 0 Å². The molecule has 0 amide bonds. The highest BCUT2D eigenvalue weighted by molar-refractivity contribution is 7.07. The molecule has 0 spiro atoms. The third-order valence-corrected chi connectivity index (χ3v) is 8.64. The molecule has 0 aliphatic heterocycles. The van der Waals surface area contributed by atoms with Crippen molar-refractivity contribution in [3.8, 4) is 5.75 Å². The first-order valence-corrected chi connectivity index (χ1v) is 10.3. The molecule has 1 aliphatic rings. The second kappa shape index (κ2) is 5.91. The lowest BCUT2D eigenvalue weighted by Gasteiger charge is -2.33. The van der Waals surface area contributed by atoms with Gasteiger partial charge in [0.25, 0.3) is 0 Å². The van der Waals surface area contributed by atoms with Crippen molar-refractivity contribution in [2.45, 2.75) is 50.7 Å². The summed E-state index contributed by atoms with van der Waals surface area (Å²) in [6, 6.07) is 7.61. The second-order valence-electron chi connectivity index (χ2n) is 6.11. The highest BCUT2D eigenvalue weighted by atomic mass is 28.3. The molecule has 1 aromatic rings. The van der Waals surface area contributed by atoms with Gasteiger partial charge in [0, 0.05) is 5.56 Å². The molecule has 0 heterocycles. The minimum atomic E-state index is -1.85. The molecule has 0 bridgehead atoms. The minimum Gasteiger partial charge on any atom is -0.497 e. The van der Waals surface area contributed by atoms with Crippen molar-refractivity contribution in [1.29, 1.82) is 0 Å². The van der Waals surface area contributed by atoms with Gasteiger partial charge in [0.05, 0.1) is 7.11 Å². The first-order valence-electron chi connectivity index (χ1n) is 7.24. The van der Waals surface area contributed by atoms with Crippen molar-refractivity contribution >= 4 is 13.5 Å². The predicted octanol–water partition coefficient (Wildman–Crippen LogP) is 4.46. The Hall–Kier alpha value is -1.09. The van der Waals surface area contributed by atoms with Gasteiger partial charge in [-0.2, -0.15) is 0 Å². The van der Waals surface area contributed by atoms with Crippen LogP contribution in [0.2, 0.25) is 18.6 Å². The van der Waals surface area contributed by atoms with Crippen LogP contribution in [-0.4, -0.2) is 20.6 Å². The van der Waals surface area contributed by atoms with Gasteiger partial charge in [-0.3, -0.25) is 0 Å². The highest BCUT2D eigenvalue weighted by Gasteiger charge is 2.39. The lowest BCUT2D eigenvalue weighted by atomic mass is 10.0. The average Bonchev–Trinajstić information content (AvgIpc) is 2.47. The van der Waals surface area contributed by atoms with Crippen molar-refractivity contribution in [2.24, 2.45) is 0 Å². The third kappa shape index (κ3) is 3.08. The highest BCUT2D eigenvalue weighted by Crippen LogP contribution is 2.38. The van der Waals surface area contributed by atoms with E-state index in [1.807, 2.05) is 24.3 Å². The second-order valence-corrected chi connectivity index (χ2v) is 10.8. The zero-order valence-corrected chi connectivity index (χ0v) is 13.2. The van der Waals surface area contributed by atoms with E-state index >= 15 is 0 Å². The fourth-order valence-corrected chi connectivity index (χ4v) is 6.26. The van der Waals surface area contributed by atoms with Crippen LogP contribution in [0.25, 0.3) is 0 Å². The molecular formula is C16H24O2Si. The van der Waals surface area contributed by atoms with E-state index in [4.69, 9.17) is 4.74 Å². The molecule has 0 N–H and O–H groups in total. The maximum absolute atomic E-state index is 12.8. The smallest absolute Gasteiger partial charge is 0.140 e. The Morgan fingerprint density at radius 1 is 1.11 bits per heavy atom. The van der Waals surface area contributed by atoms with Crippen LogP contribution in [0.3, 0.4) is 0 Å². The third-order valence-electron chi connectivity index (χ3n) is 4.56. The Morgan fingerprint density at radius 3 is 2.21 bits per heavy atom. The topological polar surface area (TPSA) is 26.3 Å². The molecule has 0 atom stereocenters. The largest absolute Gasteiger partial charge is 0.497 e. The molecule has 2 nitrogen and oxygen atoms in total. The lowest BCUT2D eigenvalue weighted by Crippen LogP contribution is -2.43. The summed E-state index contributed by atoms with van der Waals surface area (Å²) in [5.41, 5.74) is 1.53. The number of carbonyl (C=O) groups is 1. The van der Waals surface area contributed by atoms with Gasteiger partial charge < -0.3 is 9.53 Å². The molecule has 0 saturated heterocycles. The van der Waals surface area contributed by atoms with E-state index < -0.39 is 8.07 Å². The molecule has 0 aromatic heterocycles. The molecule has 1 aromatic carbocycles. The number of carbonyl (C=O) groups excluding carboxylic acids is 1. The molecular weight excluding hydrogens is 252 g/mol. The molecule has 1 fully saturated rings. The van der Waals surface area contributed by atoms with Crippen molar-refractivity contribution in [3.63, 3.8) is 0 Å². The Bertz CT molecular complexity index is 431. The summed E-state index contributed by atoms with van der Waals surface area (Å²) in [6.45, 7) is 4.49. The van der Waals surface area contributed by atoms with Crippen LogP contribution in [0, 0.1) is 0 Å². The molecule has 0 radical (unpaired) electrons. The van der Waals surface area contributed by atoms with Crippen molar-refractivity contribution in [3.05, 3.63) is 29.8 Å². The summed E-state index contributed by atoms with van der Waals surface area (Å²) in [5, 5.41) is 0.405. The molecule has 0 unspecified atom stereocenters. The van der Waals surface area contributed by atoms with Crippen LogP contribution in [-0.2, 0) is 0 Å². The zero-order valence-electron chi connectivity index (χ0n) is 12.2. The van der Waals surface area contributed by atoms with Gasteiger partial charge in [0.2, 0.25) is 0 Å². The number of benzene rings is 1. The lowest BCUT2D eigenvalue weighted by molar-refractivity contribution is 0.106. The van der Waals surface area contributed by atoms with Gasteiger partial charge in [-0.15, -0.1) is 0 Å². The number of hydrogen-bond acceptors (Lipinski definition) is 2. The molecule has 1 saturated carbocycles. The summed E-state index contributed by atoms with van der Waals surface area (Å²) < 4.78 is 5.15. The number of rotatable bonds is 4. The van der Waals surface area contributed by atoms with Crippen molar-refractivity contribution < 1.29 is 9.53 Å². The summed E-state index contributed by atoms with van der Waals surface area (Å²) in [6.07, 6.45) is 6.45. The molecule has 104 valence electrons. The Morgan fingerprint density at radius 2 is 1.68 bits per heavy atom. The summed E-state index contributed by atoms with van der Waals surface area (Å²) >= 11 is 0. The normalized spacial score (nSPS) is 17.2. The molecule has 2 rings (SSSR count). The number of methoxy groups -OCH3 is 1. The van der Waals surface area contributed by atoms with Gasteiger partial charge in [0.1, 0.15) is 19.2 Å². The van der Waals surface area contributed by atoms with Crippen molar-refractivity contribution in [1.82, 2.24) is 0 Å². The molecule has 19 heavy (non-hydrogen) atoms. The number of hydrogen-bond donors (Lipinski definition) is 0. The first kappa shape index (κ1) is 14.3. The fraction of sp³-hybridized carbons (Fsp3) is 0.562. The number of ether oxygens (including phenoxy) is 1. The average molecular weight is 276 g/mol. The van der Waals surface area contributed by atoms with Crippen molar-refractivity contribution in [2.75, 3.05) is 7.11 Å². The van der Waals surface area contributed by atoms with Gasteiger partial charge in [-0.1, -0.05) is 45.2 Å². The Balaban J connectivity index is 2.15. The Labute approximate surface area is 117 Å². The monoisotopic (exact) mass is 276 g/mol. The van der Waals surface area contributed by atoms with Crippen LogP contribution in [0.5, 0.6) is 5.75 Å². The van der Waals surface area contributed by atoms with Crippen LogP contribution in [0.1, 0.15) is 42.5 Å². The zero-order chi connectivity index (χ0) is 13.9. The quantitative estimate of drug-likeness (QED) is 0.759. The predicted molar refractivity (Wildman–Crippen MR) is 81.6 cm³/mol. The fourth-order valence-electron chi connectivity index (χ4n) is 3.12. The van der Waals surface area contributed by atoms with E-state index in [-0.39, 0.29) is 0 Å². The minimum absolute atomic E-state index is 0.405. The molecule has 3 heteroatoms. The maximum Gasteiger partial charge on any atom is 0.140 e. The van der Waals surface area contributed by atoms with E-state index in [2.05, 4.69) is 13.1 Å². The van der Waals surface area contributed by atoms with Gasteiger partial charge in [0.15, 0.2) is 0 Å². The van der Waals surface area contributed by atoms with E-state index in [1.54, 1.807) is 7.11 Å². The van der Waals surface area contributed by atoms with Gasteiger partial charge in [-0.25, -0.2) is 0 Å². The first-order chi connectivity index (χ1) is 9.05. The van der Waals surface area contributed by atoms with Crippen LogP contribution in [0.4, 0.5) is 0 Å². The summed E-state index contributed by atoms with van der Waals surface area (Å²) in [4.78, 5) is 12.8. The maximum atomic E-state index is 12.8. The summed E-state index contributed by atoms with van der Waals surface area (Å²) in [5.74, 6) is 0.814. The standard InChI is InChI=1S/C16H24O2Si/c1-18-14-11-9-13(10-12-14)16(17)19(2,3)15-7-5-4-6-8-15/h9-12,15H,4-8H2,1-3H3. The van der Waals surface area contributed by atoms with E-state index in [1.165, 1.54) is 32.1 Å². The Kier molecular flexibility index (Phi) is 4.45. The SMILES string of the molecule is COc1ccc(C(=O)[Si](C)(C)C2CCCCC2)cc1. The van der Waals surface area contributed by atoms with E-state index in [0.717, 1.165) is 11.3 Å². The summed E-state index contributed by atoms with van der Waals surface area (Å²) in [7, 11) is -0.204. The van der Waals surface area contributed by atoms with E-state index in [9.17, 15) is 4.79 Å². The van der Waals surface area contributed by atoms with Crippen LogP contribution < -0.4 is 4.74 Å². The van der Waals surface area contributed by atoms with E-state index in [0.29, 0.717) is 10.9 Å². The molecule has 1 aliphatic carbocycles.